The molecule has 0 saturated heterocycles. The average molecular weight is 371 g/mol. The van der Waals surface area contributed by atoms with Crippen molar-refractivity contribution < 1.29 is 14.3 Å². The third-order valence-electron chi connectivity index (χ3n) is 4.38. The van der Waals surface area contributed by atoms with E-state index in [1.54, 1.807) is 24.3 Å². The van der Waals surface area contributed by atoms with Crippen molar-refractivity contribution in [2.45, 2.75) is 0 Å². The normalized spacial score (nSPS) is 10.6. The molecule has 0 saturated carbocycles. The number of methoxy groups -OCH3 is 1. The highest BCUT2D eigenvalue weighted by Crippen LogP contribution is 2.29. The van der Waals surface area contributed by atoms with Gasteiger partial charge in [0, 0.05) is 17.3 Å². The van der Waals surface area contributed by atoms with Gasteiger partial charge in [-0.15, -0.1) is 0 Å². The molecule has 2 aromatic heterocycles. The quantitative estimate of drug-likeness (QED) is 0.550. The molecule has 6 nitrogen and oxygen atoms in total. The molecular formula is C22H17N3O3. The number of hydrogen-bond acceptors (Lipinski definition) is 4. The van der Waals surface area contributed by atoms with Gasteiger partial charge in [0.1, 0.15) is 17.2 Å². The predicted octanol–water partition coefficient (Wildman–Crippen LogP) is 4.04. The summed E-state index contributed by atoms with van der Waals surface area (Å²) in [4.78, 5) is 29.1. The summed E-state index contributed by atoms with van der Waals surface area (Å²) in [5.74, 6) is -0.150. The van der Waals surface area contributed by atoms with E-state index in [2.05, 4.69) is 15.0 Å². The molecule has 0 aliphatic rings. The minimum absolute atomic E-state index is 0.292. The third-order valence-corrected chi connectivity index (χ3v) is 4.38. The van der Waals surface area contributed by atoms with Gasteiger partial charge >= 0.3 is 5.97 Å². The summed E-state index contributed by atoms with van der Waals surface area (Å²) < 4.78 is 6.52. The summed E-state index contributed by atoms with van der Waals surface area (Å²) in [5.41, 5.74) is 3.14. The first-order valence-electron chi connectivity index (χ1n) is 8.69. The van der Waals surface area contributed by atoms with Gasteiger partial charge in [0.25, 0.3) is 5.91 Å². The Bertz CT molecular complexity index is 1150. The summed E-state index contributed by atoms with van der Waals surface area (Å²) in [6, 6.07) is 21.6. The number of amides is 1. The van der Waals surface area contributed by atoms with Crippen LogP contribution in [0.2, 0.25) is 0 Å². The summed E-state index contributed by atoms with van der Waals surface area (Å²) in [5, 5.41) is 2.96. The SMILES string of the molecule is COC(=O)c1ccc(C(=O)Nc2c(-c3ccccc3)nc3ccccn23)cc1. The number of benzene rings is 2. The second kappa shape index (κ2) is 7.36. The first-order chi connectivity index (χ1) is 13.7. The third kappa shape index (κ3) is 3.23. The van der Waals surface area contributed by atoms with E-state index in [1.165, 1.54) is 7.11 Å². The molecule has 0 aliphatic heterocycles. The van der Waals surface area contributed by atoms with E-state index >= 15 is 0 Å². The number of fused-ring (bicyclic) bond motifs is 1. The number of esters is 1. The lowest BCUT2D eigenvalue weighted by atomic mass is 10.1. The fourth-order valence-corrected chi connectivity index (χ4v) is 2.97. The Labute approximate surface area is 161 Å². The smallest absolute Gasteiger partial charge is 0.337 e. The van der Waals surface area contributed by atoms with Gasteiger partial charge in [-0.05, 0) is 36.4 Å². The topological polar surface area (TPSA) is 72.7 Å². The van der Waals surface area contributed by atoms with Gasteiger partial charge in [-0.2, -0.15) is 0 Å². The van der Waals surface area contributed by atoms with Crippen LogP contribution in [-0.2, 0) is 4.74 Å². The minimum atomic E-state index is -0.444. The lowest BCUT2D eigenvalue weighted by Gasteiger charge is -2.08. The maximum Gasteiger partial charge on any atom is 0.337 e. The maximum atomic E-state index is 12.8. The maximum absolute atomic E-state index is 12.8. The first kappa shape index (κ1) is 17.5. The lowest BCUT2D eigenvalue weighted by Crippen LogP contribution is -2.14. The highest BCUT2D eigenvalue weighted by atomic mass is 16.5. The lowest BCUT2D eigenvalue weighted by molar-refractivity contribution is 0.0600. The van der Waals surface area contributed by atoms with Crippen LogP contribution in [0.3, 0.4) is 0 Å². The van der Waals surface area contributed by atoms with E-state index in [9.17, 15) is 9.59 Å². The van der Waals surface area contributed by atoms with Gasteiger partial charge in [-0.1, -0.05) is 36.4 Å². The van der Waals surface area contributed by atoms with Crippen molar-refractivity contribution in [3.8, 4) is 11.3 Å². The number of rotatable bonds is 4. The van der Waals surface area contributed by atoms with Gasteiger partial charge in [-0.25, -0.2) is 9.78 Å². The Hall–Kier alpha value is -3.93. The molecule has 0 bridgehead atoms. The number of nitrogens with one attached hydrogen (secondary N) is 1. The minimum Gasteiger partial charge on any atom is -0.465 e. The number of carbonyl (C=O) groups is 2. The molecule has 138 valence electrons. The number of pyridine rings is 1. The molecule has 4 rings (SSSR count). The summed E-state index contributed by atoms with van der Waals surface area (Å²) in [6.45, 7) is 0. The zero-order valence-electron chi connectivity index (χ0n) is 15.1. The van der Waals surface area contributed by atoms with E-state index in [4.69, 9.17) is 0 Å². The molecule has 0 aliphatic carbocycles. The van der Waals surface area contributed by atoms with Crippen molar-refractivity contribution in [3.05, 3.63) is 90.1 Å². The molecule has 28 heavy (non-hydrogen) atoms. The summed E-state index contributed by atoms with van der Waals surface area (Å²) in [7, 11) is 1.32. The molecular weight excluding hydrogens is 354 g/mol. The Kier molecular flexibility index (Phi) is 4.60. The van der Waals surface area contributed by atoms with Crippen molar-refractivity contribution in [1.82, 2.24) is 9.38 Å². The molecule has 0 atom stereocenters. The van der Waals surface area contributed by atoms with E-state index in [-0.39, 0.29) is 5.91 Å². The number of aromatic nitrogens is 2. The molecule has 0 spiro atoms. The molecule has 4 aromatic rings. The van der Waals surface area contributed by atoms with E-state index in [0.29, 0.717) is 22.6 Å². The predicted molar refractivity (Wildman–Crippen MR) is 106 cm³/mol. The first-order valence-corrected chi connectivity index (χ1v) is 8.69. The molecule has 6 heteroatoms. The second-order valence-corrected chi connectivity index (χ2v) is 6.13. The highest BCUT2D eigenvalue weighted by Gasteiger charge is 2.17. The van der Waals surface area contributed by atoms with Gasteiger partial charge in [0.05, 0.1) is 12.7 Å². The van der Waals surface area contributed by atoms with Crippen LogP contribution >= 0.6 is 0 Å². The van der Waals surface area contributed by atoms with Crippen molar-refractivity contribution in [1.29, 1.82) is 0 Å². The molecule has 2 heterocycles. The Morgan fingerprint density at radius 1 is 0.893 bits per heavy atom. The fraction of sp³-hybridized carbons (Fsp3) is 0.0455. The van der Waals surface area contributed by atoms with Crippen LogP contribution in [0.5, 0.6) is 0 Å². The van der Waals surface area contributed by atoms with Crippen molar-refractivity contribution >= 4 is 23.3 Å². The zero-order chi connectivity index (χ0) is 19.5. The number of nitrogens with zero attached hydrogens (tertiary/aromatic N) is 2. The largest absolute Gasteiger partial charge is 0.465 e. The van der Waals surface area contributed by atoms with Gasteiger partial charge in [0.15, 0.2) is 0 Å². The second-order valence-electron chi connectivity index (χ2n) is 6.13. The number of carbonyl (C=O) groups excluding carboxylic acids is 2. The Morgan fingerprint density at radius 3 is 2.29 bits per heavy atom. The Balaban J connectivity index is 1.71. The molecule has 0 unspecified atom stereocenters. The molecule has 2 aromatic carbocycles. The molecule has 1 amide bonds. The zero-order valence-corrected chi connectivity index (χ0v) is 15.1. The van der Waals surface area contributed by atoms with Crippen molar-refractivity contribution in [2.24, 2.45) is 0 Å². The van der Waals surface area contributed by atoms with Crippen molar-refractivity contribution in [2.75, 3.05) is 12.4 Å². The number of hydrogen-bond donors (Lipinski definition) is 1. The molecule has 0 radical (unpaired) electrons. The van der Waals surface area contributed by atoms with E-state index in [1.807, 2.05) is 59.1 Å². The standard InChI is InChI=1S/C22H17N3O3/c1-28-22(27)17-12-10-16(11-13-17)21(26)24-20-19(15-7-3-2-4-8-15)23-18-9-5-6-14-25(18)20/h2-14H,1H3,(H,24,26). The number of anilines is 1. The van der Waals surface area contributed by atoms with Crippen molar-refractivity contribution in [3.63, 3.8) is 0 Å². The number of ether oxygens (including phenoxy) is 1. The average Bonchev–Trinajstić information content (AvgIpc) is 3.12. The Morgan fingerprint density at radius 2 is 1.57 bits per heavy atom. The van der Waals surface area contributed by atoms with Crippen LogP contribution in [0.15, 0.2) is 79.0 Å². The van der Waals surface area contributed by atoms with E-state index in [0.717, 1.165) is 11.2 Å². The van der Waals surface area contributed by atoms with Crippen LogP contribution in [0.25, 0.3) is 16.9 Å². The summed E-state index contributed by atoms with van der Waals surface area (Å²) >= 11 is 0. The molecule has 0 fully saturated rings. The van der Waals surface area contributed by atoms with Crippen LogP contribution in [0, 0.1) is 0 Å². The summed E-state index contributed by atoms with van der Waals surface area (Å²) in [6.07, 6.45) is 1.85. The van der Waals surface area contributed by atoms with Crippen LogP contribution in [-0.4, -0.2) is 28.4 Å². The van der Waals surface area contributed by atoms with Crippen LogP contribution < -0.4 is 5.32 Å². The van der Waals surface area contributed by atoms with Gasteiger partial charge < -0.3 is 10.1 Å². The van der Waals surface area contributed by atoms with Crippen LogP contribution in [0.1, 0.15) is 20.7 Å². The fourth-order valence-electron chi connectivity index (χ4n) is 2.97. The molecule has 1 N–H and O–H groups in total. The van der Waals surface area contributed by atoms with Gasteiger partial charge in [-0.3, -0.25) is 9.20 Å². The van der Waals surface area contributed by atoms with Crippen LogP contribution in [0.4, 0.5) is 5.82 Å². The van der Waals surface area contributed by atoms with Gasteiger partial charge in [0.2, 0.25) is 0 Å². The highest BCUT2D eigenvalue weighted by molar-refractivity contribution is 6.06. The monoisotopic (exact) mass is 371 g/mol. The van der Waals surface area contributed by atoms with E-state index < -0.39 is 5.97 Å². The number of imidazole rings is 1.